The number of hydrogen-bond donors (Lipinski definition) is 2. The number of nitrogens with one attached hydrogen (secondary N) is 1. The van der Waals surface area contributed by atoms with Gasteiger partial charge in [-0.25, -0.2) is 5.84 Å². The van der Waals surface area contributed by atoms with Crippen molar-refractivity contribution in [1.82, 2.24) is 5.43 Å². The van der Waals surface area contributed by atoms with E-state index >= 15 is 0 Å². The molecule has 0 radical (unpaired) electrons. The first-order valence-electron chi connectivity index (χ1n) is 2.31. The lowest BCUT2D eigenvalue weighted by Gasteiger charge is -2.01. The van der Waals surface area contributed by atoms with E-state index < -0.39 is 0 Å². The molecule has 0 aliphatic carbocycles. The Morgan fingerprint density at radius 2 is 2.25 bits per heavy atom. The molecular formula is C4H11N2OP. The molecule has 0 unspecified atom stereocenters. The lowest BCUT2D eigenvalue weighted by atomic mass is 10.7. The summed E-state index contributed by atoms with van der Waals surface area (Å²) in [5.74, 6) is 4.76. The summed E-state index contributed by atoms with van der Waals surface area (Å²) in [5.41, 5.74) is 2.07. The maximum Gasteiger partial charge on any atom is 0.238 e. The zero-order chi connectivity index (χ0) is 6.57. The molecule has 48 valence electrons. The maximum atomic E-state index is 10.4. The Labute approximate surface area is 50.4 Å². The Hall–Kier alpha value is -0.140. The first kappa shape index (κ1) is 7.86. The fraction of sp³-hybridized carbons (Fsp3) is 0.750. The fourth-order valence-corrected chi connectivity index (χ4v) is 0.999. The van der Waals surface area contributed by atoms with E-state index in [1.54, 1.807) is 0 Å². The SMILES string of the molecule is CP(C)CC(=O)NN. The Balaban J connectivity index is 3.25. The van der Waals surface area contributed by atoms with Crippen LogP contribution in [0.4, 0.5) is 0 Å². The number of hydrazine groups is 1. The van der Waals surface area contributed by atoms with Gasteiger partial charge in [-0.05, 0) is 13.3 Å². The van der Waals surface area contributed by atoms with Gasteiger partial charge in [0.25, 0.3) is 0 Å². The van der Waals surface area contributed by atoms with Gasteiger partial charge in [-0.15, -0.1) is 7.92 Å². The van der Waals surface area contributed by atoms with Crippen LogP contribution in [0.3, 0.4) is 0 Å². The molecule has 0 aromatic heterocycles. The van der Waals surface area contributed by atoms with Crippen LogP contribution in [0, 0.1) is 0 Å². The molecule has 0 spiro atoms. The molecule has 0 aromatic carbocycles. The van der Waals surface area contributed by atoms with E-state index in [0.717, 1.165) is 0 Å². The molecule has 0 heterocycles. The monoisotopic (exact) mass is 134 g/mol. The molecule has 0 rings (SSSR count). The van der Waals surface area contributed by atoms with Crippen molar-refractivity contribution in [3.8, 4) is 0 Å². The zero-order valence-electron chi connectivity index (χ0n) is 5.14. The van der Waals surface area contributed by atoms with Crippen LogP contribution in [0.25, 0.3) is 0 Å². The van der Waals surface area contributed by atoms with Crippen molar-refractivity contribution >= 4 is 13.8 Å². The standard InChI is InChI=1S/C4H11N2OP/c1-8(2)3-4(7)6-5/h3,5H2,1-2H3,(H,6,7). The Kier molecular flexibility index (Phi) is 3.75. The molecule has 0 bridgehead atoms. The van der Waals surface area contributed by atoms with Crippen LogP contribution >= 0.6 is 7.92 Å². The van der Waals surface area contributed by atoms with Gasteiger partial charge in [0, 0.05) is 6.16 Å². The van der Waals surface area contributed by atoms with Crippen molar-refractivity contribution in [2.75, 3.05) is 19.5 Å². The van der Waals surface area contributed by atoms with Gasteiger partial charge in [0.15, 0.2) is 0 Å². The second kappa shape index (κ2) is 3.81. The molecular weight excluding hydrogens is 123 g/mol. The predicted octanol–water partition coefficient (Wildman–Crippen LogP) is -0.282. The van der Waals surface area contributed by atoms with Crippen molar-refractivity contribution < 1.29 is 4.79 Å². The van der Waals surface area contributed by atoms with Crippen LogP contribution in [0.1, 0.15) is 0 Å². The average molecular weight is 134 g/mol. The molecule has 0 fully saturated rings. The molecule has 4 heteroatoms. The maximum absolute atomic E-state index is 10.4. The van der Waals surface area contributed by atoms with E-state index in [0.29, 0.717) is 6.16 Å². The Morgan fingerprint density at radius 1 is 1.75 bits per heavy atom. The highest BCUT2D eigenvalue weighted by molar-refractivity contribution is 7.56. The van der Waals surface area contributed by atoms with Crippen molar-refractivity contribution in [3.63, 3.8) is 0 Å². The van der Waals surface area contributed by atoms with E-state index in [4.69, 9.17) is 5.84 Å². The van der Waals surface area contributed by atoms with Crippen molar-refractivity contribution in [2.24, 2.45) is 5.84 Å². The number of carbonyl (C=O) groups excluding carboxylic acids is 1. The van der Waals surface area contributed by atoms with Gasteiger partial charge in [0.2, 0.25) is 5.91 Å². The minimum atomic E-state index is -0.138. The molecule has 8 heavy (non-hydrogen) atoms. The summed E-state index contributed by atoms with van der Waals surface area (Å²) in [4.78, 5) is 10.4. The van der Waals surface area contributed by atoms with Gasteiger partial charge < -0.3 is 0 Å². The molecule has 0 saturated heterocycles. The largest absolute Gasteiger partial charge is 0.294 e. The highest BCUT2D eigenvalue weighted by atomic mass is 31.1. The summed E-state index contributed by atoms with van der Waals surface area (Å²) >= 11 is 0. The fourth-order valence-electron chi connectivity index (χ4n) is 0.333. The number of amides is 1. The second-order valence-electron chi connectivity index (χ2n) is 1.81. The van der Waals surface area contributed by atoms with Crippen LogP contribution in [0.2, 0.25) is 0 Å². The zero-order valence-corrected chi connectivity index (χ0v) is 6.03. The van der Waals surface area contributed by atoms with Crippen molar-refractivity contribution in [1.29, 1.82) is 0 Å². The van der Waals surface area contributed by atoms with Gasteiger partial charge in [-0.1, -0.05) is 0 Å². The van der Waals surface area contributed by atoms with Crippen molar-refractivity contribution in [3.05, 3.63) is 0 Å². The van der Waals surface area contributed by atoms with Crippen LogP contribution in [-0.2, 0) is 4.79 Å². The summed E-state index contributed by atoms with van der Waals surface area (Å²) in [6.45, 7) is 4.06. The molecule has 3 nitrogen and oxygen atoms in total. The molecule has 0 aliphatic heterocycles. The van der Waals surface area contributed by atoms with Crippen LogP contribution in [-0.4, -0.2) is 25.4 Å². The third-order valence-electron chi connectivity index (χ3n) is 0.621. The number of rotatable bonds is 2. The first-order chi connectivity index (χ1) is 3.66. The predicted molar refractivity (Wildman–Crippen MR) is 36.0 cm³/mol. The minimum Gasteiger partial charge on any atom is -0.294 e. The van der Waals surface area contributed by atoms with Gasteiger partial charge in [0.05, 0.1) is 0 Å². The minimum absolute atomic E-state index is 0.0684. The molecule has 0 aliphatic rings. The highest BCUT2D eigenvalue weighted by Gasteiger charge is 1.99. The summed E-state index contributed by atoms with van der Waals surface area (Å²) in [5, 5.41) is 0. The summed E-state index contributed by atoms with van der Waals surface area (Å²) in [6.07, 6.45) is 0.575. The third-order valence-corrected chi connectivity index (χ3v) is 1.54. The number of nitrogens with two attached hydrogens (primary N) is 1. The summed E-state index contributed by atoms with van der Waals surface area (Å²) in [7, 11) is -0.138. The number of hydrogen-bond acceptors (Lipinski definition) is 2. The molecule has 0 saturated carbocycles. The van der Waals surface area contributed by atoms with E-state index in [1.165, 1.54) is 0 Å². The van der Waals surface area contributed by atoms with E-state index in [2.05, 4.69) is 5.43 Å². The summed E-state index contributed by atoms with van der Waals surface area (Å²) in [6, 6.07) is 0. The van der Waals surface area contributed by atoms with Crippen molar-refractivity contribution in [2.45, 2.75) is 0 Å². The van der Waals surface area contributed by atoms with E-state index in [-0.39, 0.29) is 13.8 Å². The average Bonchev–Trinajstić information content (AvgIpc) is 1.65. The van der Waals surface area contributed by atoms with E-state index in [9.17, 15) is 4.79 Å². The summed E-state index contributed by atoms with van der Waals surface area (Å²) < 4.78 is 0. The third kappa shape index (κ3) is 4.03. The van der Waals surface area contributed by atoms with Crippen LogP contribution in [0.5, 0.6) is 0 Å². The lowest BCUT2D eigenvalue weighted by Crippen LogP contribution is -2.31. The topological polar surface area (TPSA) is 55.1 Å². The second-order valence-corrected chi connectivity index (χ2v) is 4.28. The van der Waals surface area contributed by atoms with Gasteiger partial charge in [-0.2, -0.15) is 0 Å². The van der Waals surface area contributed by atoms with Crippen LogP contribution in [0.15, 0.2) is 0 Å². The smallest absolute Gasteiger partial charge is 0.238 e. The molecule has 1 amide bonds. The van der Waals surface area contributed by atoms with Crippen LogP contribution < -0.4 is 11.3 Å². The van der Waals surface area contributed by atoms with Gasteiger partial charge >= 0.3 is 0 Å². The van der Waals surface area contributed by atoms with Gasteiger partial charge in [-0.3, -0.25) is 10.2 Å². The molecule has 0 aromatic rings. The first-order valence-corrected chi connectivity index (χ1v) is 4.73. The van der Waals surface area contributed by atoms with E-state index in [1.807, 2.05) is 13.3 Å². The number of carbonyl (C=O) groups is 1. The lowest BCUT2D eigenvalue weighted by molar-refractivity contribution is -0.118. The normalized spacial score (nSPS) is 9.50. The Morgan fingerprint density at radius 3 is 2.38 bits per heavy atom. The highest BCUT2D eigenvalue weighted by Crippen LogP contribution is 2.22. The van der Waals surface area contributed by atoms with Gasteiger partial charge in [0.1, 0.15) is 0 Å². The molecule has 3 N–H and O–H groups in total. The molecule has 0 atom stereocenters. The Bertz CT molecular complexity index is 84.1. The quantitative estimate of drug-likeness (QED) is 0.236.